The Bertz CT molecular complexity index is 301. The molecule has 0 fully saturated rings. The summed E-state index contributed by atoms with van der Waals surface area (Å²) in [4.78, 5) is 0. The molecule has 0 heterocycles. The van der Waals surface area contributed by atoms with Crippen LogP contribution in [0.25, 0.3) is 0 Å². The third-order valence-electron chi connectivity index (χ3n) is 1.87. The maximum Gasteiger partial charge on any atom is 0.196 e. The standard InChI is InChI=1S/C10H13O3P/c1-2-8(11)7-13-9-5-3-4-6-10(9)14-12/h3-6,8,11H,2,7H2,1H3. The van der Waals surface area contributed by atoms with E-state index < -0.39 is 6.10 Å². The number of rotatable bonds is 5. The fourth-order valence-electron chi connectivity index (χ4n) is 0.958. The van der Waals surface area contributed by atoms with Crippen LogP contribution in [0.3, 0.4) is 0 Å². The van der Waals surface area contributed by atoms with Crippen LogP contribution in [0.2, 0.25) is 0 Å². The SMILES string of the molecule is CCC(O)COc1ccccc1P=O. The summed E-state index contributed by atoms with van der Waals surface area (Å²) in [6.45, 7) is 2.12. The maximum absolute atomic E-state index is 10.7. The molecule has 0 amide bonds. The first-order valence-corrected chi connectivity index (χ1v) is 5.32. The zero-order valence-electron chi connectivity index (χ0n) is 8.01. The van der Waals surface area contributed by atoms with Crippen molar-refractivity contribution in [1.82, 2.24) is 0 Å². The van der Waals surface area contributed by atoms with Crippen molar-refractivity contribution in [2.45, 2.75) is 19.4 Å². The topological polar surface area (TPSA) is 46.5 Å². The second kappa shape index (κ2) is 5.74. The zero-order valence-corrected chi connectivity index (χ0v) is 8.91. The predicted octanol–water partition coefficient (Wildman–Crippen LogP) is 1.75. The third kappa shape index (κ3) is 3.09. The lowest BCUT2D eigenvalue weighted by molar-refractivity contribution is 0.105. The molecule has 0 spiro atoms. The Hall–Kier alpha value is -0.920. The summed E-state index contributed by atoms with van der Waals surface area (Å²) in [6.07, 6.45) is 0.184. The molecule has 0 bridgehead atoms. The lowest BCUT2D eigenvalue weighted by Crippen LogP contribution is -2.17. The van der Waals surface area contributed by atoms with Crippen molar-refractivity contribution in [2.24, 2.45) is 0 Å². The van der Waals surface area contributed by atoms with E-state index in [0.29, 0.717) is 17.5 Å². The van der Waals surface area contributed by atoms with Gasteiger partial charge in [-0.3, -0.25) is 4.57 Å². The first kappa shape index (κ1) is 11.2. The highest BCUT2D eigenvalue weighted by Crippen LogP contribution is 2.12. The second-order valence-corrected chi connectivity index (χ2v) is 3.60. The van der Waals surface area contributed by atoms with Crippen LogP contribution in [-0.2, 0) is 4.57 Å². The monoisotopic (exact) mass is 212 g/mol. The first-order chi connectivity index (χ1) is 6.77. The molecule has 0 aliphatic carbocycles. The van der Waals surface area contributed by atoms with Crippen molar-refractivity contribution < 1.29 is 14.4 Å². The van der Waals surface area contributed by atoms with Gasteiger partial charge in [-0.2, -0.15) is 0 Å². The summed E-state index contributed by atoms with van der Waals surface area (Å²) in [6, 6.07) is 7.07. The number of para-hydroxylation sites is 1. The average Bonchev–Trinajstić information content (AvgIpc) is 2.26. The molecule has 76 valence electrons. The first-order valence-electron chi connectivity index (χ1n) is 4.51. The summed E-state index contributed by atoms with van der Waals surface area (Å²) in [7, 11) is -0.0628. The highest BCUT2D eigenvalue weighted by molar-refractivity contribution is 7.34. The molecule has 1 unspecified atom stereocenters. The van der Waals surface area contributed by atoms with Crippen molar-refractivity contribution in [3.05, 3.63) is 24.3 Å². The van der Waals surface area contributed by atoms with Crippen LogP contribution < -0.4 is 10.0 Å². The molecule has 1 aromatic carbocycles. The largest absolute Gasteiger partial charge is 0.490 e. The fourth-order valence-corrected chi connectivity index (χ4v) is 1.33. The molecule has 14 heavy (non-hydrogen) atoms. The molecule has 0 aliphatic heterocycles. The van der Waals surface area contributed by atoms with Gasteiger partial charge in [0.25, 0.3) is 0 Å². The molecule has 4 heteroatoms. The lowest BCUT2D eigenvalue weighted by Gasteiger charge is -2.10. The van der Waals surface area contributed by atoms with Crippen LogP contribution in [0, 0.1) is 0 Å². The molecule has 0 saturated heterocycles. The van der Waals surface area contributed by atoms with Gasteiger partial charge in [0.15, 0.2) is 8.46 Å². The molecular weight excluding hydrogens is 199 g/mol. The van der Waals surface area contributed by atoms with Crippen LogP contribution in [0.4, 0.5) is 0 Å². The minimum Gasteiger partial charge on any atom is -0.490 e. The quantitative estimate of drug-likeness (QED) is 0.756. The Morgan fingerprint density at radius 1 is 1.50 bits per heavy atom. The Balaban J connectivity index is 2.61. The Morgan fingerprint density at radius 3 is 2.86 bits per heavy atom. The van der Waals surface area contributed by atoms with E-state index in [1.807, 2.05) is 13.0 Å². The average molecular weight is 212 g/mol. The molecule has 3 nitrogen and oxygen atoms in total. The fraction of sp³-hybridized carbons (Fsp3) is 0.400. The van der Waals surface area contributed by atoms with Gasteiger partial charge in [0.05, 0.1) is 11.4 Å². The van der Waals surface area contributed by atoms with Gasteiger partial charge in [0.2, 0.25) is 0 Å². The van der Waals surface area contributed by atoms with Crippen LogP contribution in [-0.4, -0.2) is 17.8 Å². The van der Waals surface area contributed by atoms with E-state index in [0.717, 1.165) is 0 Å². The van der Waals surface area contributed by atoms with Gasteiger partial charge in [-0.05, 0) is 18.6 Å². The van der Waals surface area contributed by atoms with Crippen molar-refractivity contribution in [3.8, 4) is 5.75 Å². The summed E-state index contributed by atoms with van der Waals surface area (Å²) in [5.41, 5.74) is 0. The number of benzene rings is 1. The Kier molecular flexibility index (Phi) is 4.57. The summed E-state index contributed by atoms with van der Waals surface area (Å²) < 4.78 is 16.0. The number of ether oxygens (including phenoxy) is 1. The molecule has 0 radical (unpaired) electrons. The summed E-state index contributed by atoms with van der Waals surface area (Å²) in [5, 5.41) is 9.88. The zero-order chi connectivity index (χ0) is 10.4. The molecular formula is C10H13O3P. The lowest BCUT2D eigenvalue weighted by atomic mass is 10.3. The normalized spacial score (nSPS) is 12.7. The number of aliphatic hydroxyl groups excluding tert-OH is 1. The predicted molar refractivity (Wildman–Crippen MR) is 55.5 cm³/mol. The van der Waals surface area contributed by atoms with Gasteiger partial charge in [-0.1, -0.05) is 19.1 Å². The van der Waals surface area contributed by atoms with E-state index in [1.54, 1.807) is 18.2 Å². The third-order valence-corrected chi connectivity index (χ3v) is 2.43. The summed E-state index contributed by atoms with van der Waals surface area (Å²) >= 11 is 0. The molecule has 0 aliphatic rings. The van der Waals surface area contributed by atoms with Crippen LogP contribution in [0.1, 0.15) is 13.3 Å². The van der Waals surface area contributed by atoms with Gasteiger partial charge in [-0.25, -0.2) is 0 Å². The van der Waals surface area contributed by atoms with Gasteiger partial charge < -0.3 is 9.84 Å². The molecule has 0 saturated carbocycles. The number of hydrogen-bond acceptors (Lipinski definition) is 3. The van der Waals surface area contributed by atoms with E-state index in [4.69, 9.17) is 4.74 Å². The van der Waals surface area contributed by atoms with Crippen LogP contribution in [0.15, 0.2) is 24.3 Å². The van der Waals surface area contributed by atoms with Crippen molar-refractivity contribution >= 4 is 13.8 Å². The molecule has 1 aromatic rings. The van der Waals surface area contributed by atoms with Crippen molar-refractivity contribution in [2.75, 3.05) is 6.61 Å². The van der Waals surface area contributed by atoms with Gasteiger partial charge in [0, 0.05) is 0 Å². The molecule has 0 aromatic heterocycles. The van der Waals surface area contributed by atoms with Gasteiger partial charge >= 0.3 is 0 Å². The van der Waals surface area contributed by atoms with Crippen LogP contribution >= 0.6 is 8.46 Å². The van der Waals surface area contributed by atoms with Crippen molar-refractivity contribution in [1.29, 1.82) is 0 Å². The van der Waals surface area contributed by atoms with E-state index in [-0.39, 0.29) is 15.1 Å². The number of hydrogen-bond donors (Lipinski definition) is 1. The molecule has 1 N–H and O–H groups in total. The van der Waals surface area contributed by atoms with E-state index in [1.165, 1.54) is 0 Å². The van der Waals surface area contributed by atoms with Gasteiger partial charge in [0.1, 0.15) is 12.4 Å². The van der Waals surface area contributed by atoms with E-state index in [2.05, 4.69) is 0 Å². The smallest absolute Gasteiger partial charge is 0.196 e. The Morgan fingerprint density at radius 2 is 2.21 bits per heavy atom. The maximum atomic E-state index is 10.7. The Labute approximate surface area is 84.9 Å². The van der Waals surface area contributed by atoms with E-state index in [9.17, 15) is 9.67 Å². The minimum absolute atomic E-state index is 0.0628. The number of aliphatic hydroxyl groups is 1. The highest BCUT2D eigenvalue weighted by atomic mass is 31.1. The molecule has 1 atom stereocenters. The minimum atomic E-state index is -0.466. The summed E-state index contributed by atoms with van der Waals surface area (Å²) in [5.74, 6) is 0.566. The van der Waals surface area contributed by atoms with E-state index >= 15 is 0 Å². The molecule has 1 rings (SSSR count). The highest BCUT2D eigenvalue weighted by Gasteiger charge is 2.05. The second-order valence-electron chi connectivity index (χ2n) is 2.93. The van der Waals surface area contributed by atoms with Crippen molar-refractivity contribution in [3.63, 3.8) is 0 Å². The van der Waals surface area contributed by atoms with Crippen LogP contribution in [0.5, 0.6) is 5.75 Å². The van der Waals surface area contributed by atoms with Gasteiger partial charge in [-0.15, -0.1) is 0 Å².